The predicted molar refractivity (Wildman–Crippen MR) is 80.8 cm³/mol. The van der Waals surface area contributed by atoms with E-state index in [-0.39, 0.29) is 36.5 Å². The number of nitrogens with one attached hydrogen (secondary N) is 1. The third-order valence-electron chi connectivity index (χ3n) is 3.95. The summed E-state index contributed by atoms with van der Waals surface area (Å²) >= 11 is 0. The molecule has 2 aliphatic heterocycles. The molecular weight excluding hydrogens is 284 g/mol. The molecule has 0 spiro atoms. The van der Waals surface area contributed by atoms with E-state index in [1.807, 2.05) is 20.8 Å². The van der Waals surface area contributed by atoms with Crippen molar-refractivity contribution in [3.05, 3.63) is 18.2 Å². The summed E-state index contributed by atoms with van der Waals surface area (Å²) in [6, 6.07) is 5.27. The van der Waals surface area contributed by atoms with Crippen LogP contribution < -0.4 is 14.8 Å². The first-order chi connectivity index (χ1) is 10.3. The van der Waals surface area contributed by atoms with Crippen LogP contribution >= 0.6 is 0 Å². The molecular formula is C16H20N2O4. The maximum atomic E-state index is 12.4. The second-order valence-electron chi connectivity index (χ2n) is 6.63. The number of hydrogen-bond acceptors (Lipinski definition) is 4. The fourth-order valence-corrected chi connectivity index (χ4v) is 2.75. The lowest BCUT2D eigenvalue weighted by molar-refractivity contribution is -0.131. The summed E-state index contributed by atoms with van der Waals surface area (Å²) in [5, 5.41) is 2.85. The summed E-state index contributed by atoms with van der Waals surface area (Å²) in [6.45, 7) is 6.58. The minimum Gasteiger partial charge on any atom is -0.454 e. The molecule has 22 heavy (non-hydrogen) atoms. The summed E-state index contributed by atoms with van der Waals surface area (Å²) in [5.41, 5.74) is 0.390. The summed E-state index contributed by atoms with van der Waals surface area (Å²) in [5.74, 6) is 0.860. The average molecular weight is 304 g/mol. The number of amides is 2. The first kappa shape index (κ1) is 14.7. The van der Waals surface area contributed by atoms with Crippen molar-refractivity contribution < 1.29 is 19.1 Å². The van der Waals surface area contributed by atoms with Crippen LogP contribution in [-0.4, -0.2) is 35.6 Å². The normalized spacial score (nSPS) is 20.4. The summed E-state index contributed by atoms with van der Waals surface area (Å²) < 4.78 is 10.5. The number of rotatable bonds is 2. The topological polar surface area (TPSA) is 67.9 Å². The van der Waals surface area contributed by atoms with Crippen molar-refractivity contribution in [2.75, 3.05) is 18.7 Å². The number of benzene rings is 1. The number of carbonyl (C=O) groups excluding carboxylic acids is 2. The zero-order chi connectivity index (χ0) is 15.9. The minimum atomic E-state index is -0.322. The maximum Gasteiger partial charge on any atom is 0.231 e. The Bertz CT molecular complexity index is 621. The predicted octanol–water partition coefficient (Wildman–Crippen LogP) is 2.00. The van der Waals surface area contributed by atoms with Gasteiger partial charge in [0.2, 0.25) is 18.6 Å². The van der Waals surface area contributed by atoms with Crippen LogP contribution in [0, 0.1) is 5.92 Å². The van der Waals surface area contributed by atoms with E-state index in [0.717, 1.165) is 0 Å². The van der Waals surface area contributed by atoms with Gasteiger partial charge in [-0.3, -0.25) is 9.59 Å². The van der Waals surface area contributed by atoms with Crippen LogP contribution in [0.3, 0.4) is 0 Å². The highest BCUT2D eigenvalue weighted by molar-refractivity contribution is 5.97. The van der Waals surface area contributed by atoms with E-state index in [4.69, 9.17) is 9.47 Å². The monoisotopic (exact) mass is 304 g/mol. The first-order valence-electron chi connectivity index (χ1n) is 7.35. The van der Waals surface area contributed by atoms with E-state index < -0.39 is 0 Å². The van der Waals surface area contributed by atoms with Gasteiger partial charge < -0.3 is 19.7 Å². The maximum absolute atomic E-state index is 12.4. The Morgan fingerprint density at radius 2 is 2.00 bits per heavy atom. The fourth-order valence-electron chi connectivity index (χ4n) is 2.75. The highest BCUT2D eigenvalue weighted by Crippen LogP contribution is 2.34. The van der Waals surface area contributed by atoms with Gasteiger partial charge in [-0.15, -0.1) is 0 Å². The quantitative estimate of drug-likeness (QED) is 0.907. The number of ether oxygens (including phenoxy) is 2. The van der Waals surface area contributed by atoms with E-state index in [9.17, 15) is 9.59 Å². The number of likely N-dealkylation sites (tertiary alicyclic amines) is 1. The Labute approximate surface area is 129 Å². The number of fused-ring (bicyclic) bond motifs is 1. The number of anilines is 1. The van der Waals surface area contributed by atoms with Crippen LogP contribution in [0.5, 0.6) is 11.5 Å². The molecule has 6 nitrogen and oxygen atoms in total. The number of carbonyl (C=O) groups is 2. The molecule has 2 aliphatic rings. The van der Waals surface area contributed by atoms with Gasteiger partial charge in [-0.1, -0.05) is 0 Å². The van der Waals surface area contributed by atoms with Crippen LogP contribution in [0.25, 0.3) is 0 Å². The highest BCUT2D eigenvalue weighted by Gasteiger charge is 2.39. The van der Waals surface area contributed by atoms with E-state index in [0.29, 0.717) is 23.7 Å². The van der Waals surface area contributed by atoms with Crippen LogP contribution in [-0.2, 0) is 9.59 Å². The summed E-state index contributed by atoms with van der Waals surface area (Å²) in [4.78, 5) is 26.2. The molecule has 1 saturated heterocycles. The zero-order valence-corrected chi connectivity index (χ0v) is 13.0. The molecule has 0 radical (unpaired) electrons. The van der Waals surface area contributed by atoms with Gasteiger partial charge in [0.05, 0.1) is 5.92 Å². The lowest BCUT2D eigenvalue weighted by Crippen LogP contribution is -2.42. The molecule has 2 heterocycles. The molecule has 118 valence electrons. The molecule has 1 aromatic carbocycles. The highest BCUT2D eigenvalue weighted by atomic mass is 16.7. The van der Waals surface area contributed by atoms with Gasteiger partial charge in [0.25, 0.3) is 0 Å². The molecule has 0 aromatic heterocycles. The van der Waals surface area contributed by atoms with E-state index in [1.165, 1.54) is 0 Å². The Kier molecular flexibility index (Phi) is 3.47. The van der Waals surface area contributed by atoms with Crippen LogP contribution in [0.1, 0.15) is 27.2 Å². The van der Waals surface area contributed by atoms with Gasteiger partial charge in [-0.05, 0) is 32.9 Å². The molecule has 1 unspecified atom stereocenters. The van der Waals surface area contributed by atoms with Crippen LogP contribution in [0.4, 0.5) is 5.69 Å². The molecule has 1 aromatic rings. The van der Waals surface area contributed by atoms with Gasteiger partial charge in [-0.2, -0.15) is 0 Å². The van der Waals surface area contributed by atoms with Crippen molar-refractivity contribution in [1.82, 2.24) is 4.90 Å². The Hall–Kier alpha value is -2.24. The second-order valence-corrected chi connectivity index (χ2v) is 6.63. The standard InChI is InChI=1S/C16H20N2O4/c1-16(2,3)18-8-10(6-14(18)19)15(20)17-11-4-5-12-13(7-11)22-9-21-12/h4-5,7,10H,6,8-9H2,1-3H3,(H,17,20). The van der Waals surface area contributed by atoms with Crippen molar-refractivity contribution >= 4 is 17.5 Å². The van der Waals surface area contributed by atoms with Gasteiger partial charge in [0.1, 0.15) is 0 Å². The molecule has 1 N–H and O–H groups in total. The summed E-state index contributed by atoms with van der Waals surface area (Å²) in [7, 11) is 0. The van der Waals surface area contributed by atoms with Gasteiger partial charge in [-0.25, -0.2) is 0 Å². The lowest BCUT2D eigenvalue weighted by atomic mass is 10.1. The van der Waals surface area contributed by atoms with Gasteiger partial charge >= 0.3 is 0 Å². The average Bonchev–Trinajstić information content (AvgIpc) is 3.03. The van der Waals surface area contributed by atoms with E-state index >= 15 is 0 Å². The molecule has 6 heteroatoms. The molecule has 2 amide bonds. The lowest BCUT2D eigenvalue weighted by Gasteiger charge is -2.31. The molecule has 3 rings (SSSR count). The largest absolute Gasteiger partial charge is 0.454 e. The molecule has 1 fully saturated rings. The summed E-state index contributed by atoms with van der Waals surface area (Å²) in [6.07, 6.45) is 0.258. The third kappa shape index (κ3) is 2.73. The first-order valence-corrected chi connectivity index (χ1v) is 7.35. The second kappa shape index (κ2) is 5.19. The van der Waals surface area contributed by atoms with Crippen molar-refractivity contribution in [3.8, 4) is 11.5 Å². The van der Waals surface area contributed by atoms with Crippen molar-refractivity contribution in [3.63, 3.8) is 0 Å². The fraction of sp³-hybridized carbons (Fsp3) is 0.500. The van der Waals surface area contributed by atoms with Crippen LogP contribution in [0.15, 0.2) is 18.2 Å². The number of hydrogen-bond donors (Lipinski definition) is 1. The Balaban J connectivity index is 1.67. The smallest absolute Gasteiger partial charge is 0.231 e. The third-order valence-corrected chi connectivity index (χ3v) is 3.95. The molecule has 0 aliphatic carbocycles. The van der Waals surface area contributed by atoms with E-state index in [1.54, 1.807) is 23.1 Å². The minimum absolute atomic E-state index is 0.0262. The van der Waals surface area contributed by atoms with Crippen molar-refractivity contribution in [2.45, 2.75) is 32.7 Å². The zero-order valence-electron chi connectivity index (χ0n) is 13.0. The van der Waals surface area contributed by atoms with Crippen molar-refractivity contribution in [1.29, 1.82) is 0 Å². The van der Waals surface area contributed by atoms with Gasteiger partial charge in [0.15, 0.2) is 11.5 Å². The molecule has 0 bridgehead atoms. The number of nitrogens with zero attached hydrogens (tertiary/aromatic N) is 1. The Morgan fingerprint density at radius 3 is 2.68 bits per heavy atom. The van der Waals surface area contributed by atoms with Crippen molar-refractivity contribution in [2.24, 2.45) is 5.92 Å². The SMILES string of the molecule is CC(C)(C)N1CC(C(=O)Nc2ccc3c(c2)OCO3)CC1=O. The molecule has 1 atom stereocenters. The van der Waals surface area contributed by atoms with E-state index in [2.05, 4.69) is 5.32 Å². The van der Waals surface area contributed by atoms with Gasteiger partial charge in [0, 0.05) is 30.3 Å². The molecule has 0 saturated carbocycles. The Morgan fingerprint density at radius 1 is 1.27 bits per heavy atom. The van der Waals surface area contributed by atoms with Crippen LogP contribution in [0.2, 0.25) is 0 Å².